The first kappa shape index (κ1) is 12.2. The van der Waals surface area contributed by atoms with E-state index in [1.807, 2.05) is 0 Å². The number of nitrogens with two attached hydrogens (primary N) is 1. The summed E-state index contributed by atoms with van der Waals surface area (Å²) in [5.74, 6) is -1.55. The van der Waals surface area contributed by atoms with Crippen molar-refractivity contribution in [2.45, 2.75) is 20.4 Å². The average molecular weight is 250 g/mol. The zero-order chi connectivity index (χ0) is 13.5. The van der Waals surface area contributed by atoms with Gasteiger partial charge in [0.25, 0.3) is 0 Å². The number of hydrogen-bond acceptors (Lipinski definition) is 4. The number of nitrogen functional groups attached to an aromatic ring is 1. The van der Waals surface area contributed by atoms with Crippen LogP contribution in [0.2, 0.25) is 0 Å². The minimum absolute atomic E-state index is 0.0398. The third kappa shape index (κ3) is 1.97. The van der Waals surface area contributed by atoms with E-state index in [0.717, 1.165) is 0 Å². The van der Waals surface area contributed by atoms with Gasteiger partial charge in [0.2, 0.25) is 0 Å². The van der Waals surface area contributed by atoms with Gasteiger partial charge in [-0.2, -0.15) is 0 Å². The molecular weight excluding hydrogens is 236 g/mol. The van der Waals surface area contributed by atoms with E-state index in [0.29, 0.717) is 16.8 Å². The minimum atomic E-state index is -1.05. The van der Waals surface area contributed by atoms with E-state index in [2.05, 4.69) is 0 Å². The van der Waals surface area contributed by atoms with Gasteiger partial charge in [0.05, 0.1) is 10.9 Å². The van der Waals surface area contributed by atoms with Crippen LogP contribution < -0.4 is 11.5 Å². The molecule has 0 bridgehead atoms. The van der Waals surface area contributed by atoms with Gasteiger partial charge >= 0.3 is 11.7 Å². The lowest BCUT2D eigenvalue weighted by molar-refractivity contribution is -0.147. The number of carboxylic acid groups (broad SMARTS) is 1. The van der Waals surface area contributed by atoms with E-state index >= 15 is 0 Å². The largest absolute Gasteiger partial charge is 0.481 e. The van der Waals surface area contributed by atoms with E-state index in [9.17, 15) is 9.59 Å². The van der Waals surface area contributed by atoms with Gasteiger partial charge in [0, 0.05) is 18.3 Å². The first-order chi connectivity index (χ1) is 8.31. The van der Waals surface area contributed by atoms with E-state index in [1.54, 1.807) is 32.0 Å². The standard InChI is InChI=1S/C12H14N2O4/c1-12(2,10(15)16)6-14-8-4-3-7(13)5-9(8)18-11(14)17/h3-5H,6,13H2,1-2H3,(H,15,16). The summed E-state index contributed by atoms with van der Waals surface area (Å²) in [6.45, 7) is 3.15. The van der Waals surface area contributed by atoms with Gasteiger partial charge in [-0.15, -0.1) is 0 Å². The molecule has 0 unspecified atom stereocenters. The summed E-state index contributed by atoms with van der Waals surface area (Å²) in [4.78, 5) is 22.8. The molecule has 1 heterocycles. The van der Waals surface area contributed by atoms with Crippen LogP contribution in [-0.2, 0) is 11.3 Å². The van der Waals surface area contributed by atoms with E-state index in [-0.39, 0.29) is 6.54 Å². The molecule has 0 aliphatic rings. The van der Waals surface area contributed by atoms with Crippen LogP contribution in [0.3, 0.4) is 0 Å². The molecule has 0 spiro atoms. The molecular formula is C12H14N2O4. The second-order valence-corrected chi connectivity index (χ2v) is 4.87. The smallest absolute Gasteiger partial charge is 0.419 e. The van der Waals surface area contributed by atoms with Crippen molar-refractivity contribution in [1.29, 1.82) is 0 Å². The number of carboxylic acids is 1. The maximum atomic E-state index is 11.7. The molecule has 96 valence electrons. The highest BCUT2D eigenvalue weighted by Crippen LogP contribution is 2.22. The predicted octanol–water partition coefficient (Wildman–Crippen LogP) is 1.29. The van der Waals surface area contributed by atoms with E-state index in [1.165, 1.54) is 4.57 Å². The summed E-state index contributed by atoms with van der Waals surface area (Å²) in [6, 6.07) is 4.83. The van der Waals surface area contributed by atoms with Crippen molar-refractivity contribution < 1.29 is 14.3 Å². The van der Waals surface area contributed by atoms with E-state index in [4.69, 9.17) is 15.3 Å². The van der Waals surface area contributed by atoms with Crippen molar-refractivity contribution >= 4 is 22.8 Å². The zero-order valence-electron chi connectivity index (χ0n) is 10.1. The average Bonchev–Trinajstić information content (AvgIpc) is 2.54. The molecule has 0 saturated carbocycles. The number of fused-ring (bicyclic) bond motifs is 1. The topological polar surface area (TPSA) is 98.5 Å². The molecule has 6 nitrogen and oxygen atoms in total. The van der Waals surface area contributed by atoms with Crippen molar-refractivity contribution in [3.8, 4) is 0 Å². The second-order valence-electron chi connectivity index (χ2n) is 4.87. The molecule has 0 aliphatic heterocycles. The van der Waals surface area contributed by atoms with Gasteiger partial charge in [0.15, 0.2) is 5.58 Å². The molecule has 2 rings (SSSR count). The monoisotopic (exact) mass is 250 g/mol. The van der Waals surface area contributed by atoms with Crippen molar-refractivity contribution in [1.82, 2.24) is 4.57 Å². The Balaban J connectivity index is 2.55. The van der Waals surface area contributed by atoms with Crippen molar-refractivity contribution in [3.63, 3.8) is 0 Å². The van der Waals surface area contributed by atoms with Crippen LogP contribution in [-0.4, -0.2) is 15.6 Å². The Morgan fingerprint density at radius 3 is 2.78 bits per heavy atom. The Hall–Kier alpha value is -2.24. The van der Waals surface area contributed by atoms with Crippen LogP contribution in [0.5, 0.6) is 0 Å². The lowest BCUT2D eigenvalue weighted by Crippen LogP contribution is -2.32. The number of hydrogen-bond donors (Lipinski definition) is 2. The summed E-state index contributed by atoms with van der Waals surface area (Å²) < 4.78 is 6.35. The fourth-order valence-electron chi connectivity index (χ4n) is 1.70. The van der Waals surface area contributed by atoms with Crippen molar-refractivity contribution in [2.24, 2.45) is 5.41 Å². The molecule has 0 fully saturated rings. The van der Waals surface area contributed by atoms with Crippen LogP contribution in [0, 0.1) is 5.41 Å². The summed E-state index contributed by atoms with van der Waals surface area (Å²) >= 11 is 0. The fraction of sp³-hybridized carbons (Fsp3) is 0.333. The van der Waals surface area contributed by atoms with Crippen LogP contribution in [0.1, 0.15) is 13.8 Å². The number of rotatable bonds is 3. The number of aliphatic carboxylic acids is 1. The molecule has 2 aromatic rings. The van der Waals surface area contributed by atoms with Gasteiger partial charge in [-0.3, -0.25) is 9.36 Å². The van der Waals surface area contributed by atoms with Crippen molar-refractivity contribution in [2.75, 3.05) is 5.73 Å². The third-order valence-corrected chi connectivity index (χ3v) is 2.82. The molecule has 0 radical (unpaired) electrons. The Bertz CT molecular complexity index is 666. The first-order valence-corrected chi connectivity index (χ1v) is 5.43. The molecule has 3 N–H and O–H groups in total. The Morgan fingerprint density at radius 1 is 1.50 bits per heavy atom. The highest BCUT2D eigenvalue weighted by Gasteiger charge is 2.29. The zero-order valence-corrected chi connectivity index (χ0v) is 10.1. The Labute approximate surface area is 103 Å². The number of aromatic nitrogens is 1. The lowest BCUT2D eigenvalue weighted by Gasteiger charge is -2.18. The maximum absolute atomic E-state index is 11.7. The van der Waals surface area contributed by atoms with Crippen LogP contribution in [0.4, 0.5) is 5.69 Å². The quantitative estimate of drug-likeness (QED) is 0.800. The molecule has 0 amide bonds. The third-order valence-electron chi connectivity index (χ3n) is 2.82. The summed E-state index contributed by atoms with van der Waals surface area (Å²) in [5.41, 5.74) is 5.93. The molecule has 1 aromatic carbocycles. The van der Waals surface area contributed by atoms with E-state index < -0.39 is 17.1 Å². The summed E-state index contributed by atoms with van der Waals surface area (Å²) in [7, 11) is 0. The fourth-order valence-corrected chi connectivity index (χ4v) is 1.70. The van der Waals surface area contributed by atoms with Gasteiger partial charge in [-0.1, -0.05) is 0 Å². The minimum Gasteiger partial charge on any atom is -0.481 e. The highest BCUT2D eigenvalue weighted by molar-refractivity contribution is 5.78. The van der Waals surface area contributed by atoms with Gasteiger partial charge in [-0.25, -0.2) is 4.79 Å². The number of benzene rings is 1. The molecule has 6 heteroatoms. The van der Waals surface area contributed by atoms with Crippen LogP contribution in [0.15, 0.2) is 27.4 Å². The Kier molecular flexibility index (Phi) is 2.65. The number of anilines is 1. The van der Waals surface area contributed by atoms with Crippen molar-refractivity contribution in [3.05, 3.63) is 28.7 Å². The van der Waals surface area contributed by atoms with Gasteiger partial charge in [0.1, 0.15) is 0 Å². The number of carbonyl (C=O) groups is 1. The van der Waals surface area contributed by atoms with Gasteiger partial charge < -0.3 is 15.3 Å². The summed E-state index contributed by atoms with van der Waals surface area (Å²) in [6.07, 6.45) is 0. The molecule has 0 saturated heterocycles. The van der Waals surface area contributed by atoms with Gasteiger partial charge in [-0.05, 0) is 26.0 Å². The Morgan fingerprint density at radius 2 is 2.17 bits per heavy atom. The second kappa shape index (κ2) is 3.90. The number of nitrogens with zero attached hydrogens (tertiary/aromatic N) is 1. The highest BCUT2D eigenvalue weighted by atomic mass is 16.4. The molecule has 18 heavy (non-hydrogen) atoms. The summed E-state index contributed by atoms with van der Waals surface area (Å²) in [5, 5.41) is 9.08. The normalized spacial score (nSPS) is 11.9. The maximum Gasteiger partial charge on any atom is 0.419 e. The molecule has 0 atom stereocenters. The predicted molar refractivity (Wildman–Crippen MR) is 66.3 cm³/mol. The molecule has 0 aliphatic carbocycles. The van der Waals surface area contributed by atoms with Crippen LogP contribution >= 0.6 is 0 Å². The lowest BCUT2D eigenvalue weighted by atomic mass is 9.94. The first-order valence-electron chi connectivity index (χ1n) is 5.43. The number of oxazole rings is 1. The molecule has 1 aromatic heterocycles. The SMILES string of the molecule is CC(C)(Cn1c(=O)oc2cc(N)ccc21)C(=O)O. The van der Waals surface area contributed by atoms with Crippen LogP contribution in [0.25, 0.3) is 11.1 Å².